The van der Waals surface area contributed by atoms with Crippen molar-refractivity contribution < 1.29 is 9.47 Å². The monoisotopic (exact) mass is 252 g/mol. The van der Waals surface area contributed by atoms with Gasteiger partial charge in [-0.1, -0.05) is 39.0 Å². The summed E-state index contributed by atoms with van der Waals surface area (Å²) in [5.41, 5.74) is 1.07. The van der Waals surface area contributed by atoms with E-state index in [4.69, 9.17) is 21.7 Å². The zero-order chi connectivity index (χ0) is 12.9. The summed E-state index contributed by atoms with van der Waals surface area (Å²) in [5.74, 6) is 0.901. The second-order valence-electron chi connectivity index (χ2n) is 4.95. The Bertz CT molecular complexity index is 380. The van der Waals surface area contributed by atoms with Gasteiger partial charge in [0.2, 0.25) is 0 Å². The third-order valence-electron chi connectivity index (χ3n) is 2.41. The highest BCUT2D eigenvalue weighted by atomic mass is 32.1. The molecule has 0 heterocycles. The lowest BCUT2D eigenvalue weighted by Gasteiger charge is -2.20. The Kier molecular flexibility index (Phi) is 4.94. The van der Waals surface area contributed by atoms with Crippen LogP contribution >= 0.6 is 12.2 Å². The summed E-state index contributed by atoms with van der Waals surface area (Å²) >= 11 is 5.21. The quantitative estimate of drug-likeness (QED) is 0.762. The molecule has 17 heavy (non-hydrogen) atoms. The van der Waals surface area contributed by atoms with Gasteiger partial charge in [-0.2, -0.15) is 0 Å². The molecule has 0 aliphatic rings. The second-order valence-corrected chi connectivity index (χ2v) is 5.32. The first-order valence-corrected chi connectivity index (χ1v) is 6.15. The molecule has 0 N–H and O–H groups in total. The molecule has 1 aromatic carbocycles. The third kappa shape index (κ3) is 4.35. The van der Waals surface area contributed by atoms with Gasteiger partial charge >= 0.3 is 0 Å². The van der Waals surface area contributed by atoms with Crippen LogP contribution in [0.1, 0.15) is 26.3 Å². The van der Waals surface area contributed by atoms with Crippen LogP contribution in [0.15, 0.2) is 24.3 Å². The average Bonchev–Trinajstić information content (AvgIpc) is 2.28. The number of rotatable bonds is 4. The van der Waals surface area contributed by atoms with Crippen molar-refractivity contribution in [1.82, 2.24) is 0 Å². The van der Waals surface area contributed by atoms with Gasteiger partial charge in [0, 0.05) is 11.8 Å². The standard InChI is InChI=1S/C14H20O2S/c1-14(2,3)13(17)16-10-9-11-7-5-6-8-12(11)15-4/h5-8H,9-10H2,1-4H3. The lowest BCUT2D eigenvalue weighted by molar-refractivity contribution is 0.275. The number of benzene rings is 1. The van der Waals surface area contributed by atoms with Crippen LogP contribution in [-0.2, 0) is 11.2 Å². The molecule has 0 saturated heterocycles. The van der Waals surface area contributed by atoms with Gasteiger partial charge in [-0.25, -0.2) is 0 Å². The molecular formula is C14H20O2S. The summed E-state index contributed by atoms with van der Waals surface area (Å²) in [4.78, 5) is 0. The largest absolute Gasteiger partial charge is 0.496 e. The molecule has 0 aromatic heterocycles. The normalized spacial score (nSPS) is 11.1. The van der Waals surface area contributed by atoms with Crippen molar-refractivity contribution in [1.29, 1.82) is 0 Å². The van der Waals surface area contributed by atoms with Gasteiger partial charge in [0.25, 0.3) is 0 Å². The number of hydrogen-bond acceptors (Lipinski definition) is 3. The maximum Gasteiger partial charge on any atom is 0.165 e. The number of ether oxygens (including phenoxy) is 2. The fourth-order valence-corrected chi connectivity index (χ4v) is 1.46. The summed E-state index contributed by atoms with van der Waals surface area (Å²) in [6, 6.07) is 7.96. The van der Waals surface area contributed by atoms with Gasteiger partial charge in [-0.15, -0.1) is 0 Å². The van der Waals surface area contributed by atoms with E-state index in [1.807, 2.05) is 24.3 Å². The first kappa shape index (κ1) is 14.0. The van der Waals surface area contributed by atoms with Crippen molar-refractivity contribution in [3.05, 3.63) is 29.8 Å². The van der Waals surface area contributed by atoms with Crippen molar-refractivity contribution >= 4 is 17.3 Å². The Labute approximate surface area is 109 Å². The van der Waals surface area contributed by atoms with Crippen LogP contribution < -0.4 is 4.74 Å². The summed E-state index contributed by atoms with van der Waals surface area (Å²) in [7, 11) is 1.68. The Balaban J connectivity index is 2.49. The second kappa shape index (κ2) is 6.01. The van der Waals surface area contributed by atoms with Gasteiger partial charge in [0.1, 0.15) is 5.75 Å². The minimum absolute atomic E-state index is 0.0733. The zero-order valence-corrected chi connectivity index (χ0v) is 11.8. The van der Waals surface area contributed by atoms with Gasteiger partial charge < -0.3 is 9.47 Å². The van der Waals surface area contributed by atoms with Gasteiger partial charge in [-0.05, 0) is 23.8 Å². The van der Waals surface area contributed by atoms with Gasteiger partial charge in [-0.3, -0.25) is 0 Å². The van der Waals surface area contributed by atoms with E-state index in [-0.39, 0.29) is 5.41 Å². The number of para-hydroxylation sites is 1. The summed E-state index contributed by atoms with van der Waals surface area (Å²) in [6.45, 7) is 6.76. The van der Waals surface area contributed by atoms with Crippen molar-refractivity contribution in [2.45, 2.75) is 27.2 Å². The van der Waals surface area contributed by atoms with E-state index < -0.39 is 0 Å². The predicted octanol–water partition coefficient (Wildman–Crippen LogP) is 3.63. The maximum atomic E-state index is 5.59. The SMILES string of the molecule is COc1ccccc1CCOC(=S)C(C)(C)C. The van der Waals surface area contributed by atoms with Crippen LogP contribution in [0.2, 0.25) is 0 Å². The fraction of sp³-hybridized carbons (Fsp3) is 0.500. The molecule has 0 aliphatic carbocycles. The Morgan fingerprint density at radius 2 is 1.88 bits per heavy atom. The highest BCUT2D eigenvalue weighted by Gasteiger charge is 2.18. The Hall–Kier alpha value is -1.09. The molecule has 0 aliphatic heterocycles. The van der Waals surface area contributed by atoms with E-state index in [1.165, 1.54) is 0 Å². The lowest BCUT2D eigenvalue weighted by Crippen LogP contribution is -2.22. The molecule has 0 unspecified atom stereocenters. The van der Waals surface area contributed by atoms with Crippen LogP contribution in [0.3, 0.4) is 0 Å². The van der Waals surface area contributed by atoms with E-state index in [2.05, 4.69) is 20.8 Å². The molecule has 0 fully saturated rings. The maximum absolute atomic E-state index is 5.59. The predicted molar refractivity (Wildman–Crippen MR) is 74.7 cm³/mol. The fourth-order valence-electron chi connectivity index (χ4n) is 1.38. The highest BCUT2D eigenvalue weighted by molar-refractivity contribution is 7.80. The van der Waals surface area contributed by atoms with Crippen LogP contribution in [0.4, 0.5) is 0 Å². The highest BCUT2D eigenvalue weighted by Crippen LogP contribution is 2.20. The Morgan fingerprint density at radius 3 is 2.47 bits per heavy atom. The van der Waals surface area contributed by atoms with E-state index in [0.29, 0.717) is 11.7 Å². The van der Waals surface area contributed by atoms with Crippen molar-refractivity contribution in [3.8, 4) is 5.75 Å². The summed E-state index contributed by atoms with van der Waals surface area (Å²) in [6.07, 6.45) is 0.806. The smallest absolute Gasteiger partial charge is 0.165 e. The van der Waals surface area contributed by atoms with Gasteiger partial charge in [0.15, 0.2) is 5.05 Å². The van der Waals surface area contributed by atoms with Gasteiger partial charge in [0.05, 0.1) is 13.7 Å². The lowest BCUT2D eigenvalue weighted by atomic mass is 9.98. The van der Waals surface area contributed by atoms with Crippen LogP contribution in [-0.4, -0.2) is 18.8 Å². The van der Waals surface area contributed by atoms with E-state index >= 15 is 0 Å². The van der Waals surface area contributed by atoms with Crippen LogP contribution in [0.5, 0.6) is 5.75 Å². The first-order chi connectivity index (χ1) is 7.95. The van der Waals surface area contributed by atoms with Crippen LogP contribution in [0, 0.1) is 5.41 Å². The van der Waals surface area contributed by atoms with Crippen LogP contribution in [0.25, 0.3) is 0 Å². The van der Waals surface area contributed by atoms with E-state index in [0.717, 1.165) is 17.7 Å². The summed E-state index contributed by atoms with van der Waals surface area (Å²) in [5, 5.41) is 0.660. The summed E-state index contributed by atoms with van der Waals surface area (Å²) < 4.78 is 10.9. The molecule has 3 heteroatoms. The molecule has 94 valence electrons. The molecule has 0 atom stereocenters. The third-order valence-corrected chi connectivity index (χ3v) is 3.14. The molecule has 0 amide bonds. The number of methoxy groups -OCH3 is 1. The Morgan fingerprint density at radius 1 is 1.24 bits per heavy atom. The van der Waals surface area contributed by atoms with Crippen molar-refractivity contribution in [2.24, 2.45) is 5.41 Å². The molecular weight excluding hydrogens is 232 g/mol. The molecule has 0 spiro atoms. The van der Waals surface area contributed by atoms with Crippen molar-refractivity contribution in [3.63, 3.8) is 0 Å². The number of hydrogen-bond donors (Lipinski definition) is 0. The van der Waals surface area contributed by atoms with Crippen molar-refractivity contribution in [2.75, 3.05) is 13.7 Å². The van der Waals surface area contributed by atoms with E-state index in [1.54, 1.807) is 7.11 Å². The zero-order valence-electron chi connectivity index (χ0n) is 10.9. The number of thiocarbonyl (C=S) groups is 1. The minimum atomic E-state index is -0.0733. The van der Waals surface area contributed by atoms with E-state index in [9.17, 15) is 0 Å². The average molecular weight is 252 g/mol. The first-order valence-electron chi connectivity index (χ1n) is 5.74. The molecule has 0 bridgehead atoms. The molecule has 1 rings (SSSR count). The molecule has 1 aromatic rings. The molecule has 0 radical (unpaired) electrons. The minimum Gasteiger partial charge on any atom is -0.496 e. The topological polar surface area (TPSA) is 18.5 Å². The molecule has 2 nitrogen and oxygen atoms in total. The molecule has 0 saturated carbocycles.